The first-order valence-corrected chi connectivity index (χ1v) is 13.0. The second-order valence-electron chi connectivity index (χ2n) is 6.66. The standard InChI is InChI=1S/C12H22O12S3/c1-12(2)21-10-9(24-27(5,17)18)8(20-11(10)22-12)7(23-26(4,15)16)6-19-25(3,13)14/h7-11H,6H2,1-5H3/t7-,8+,9-,10+,11+/m0/s1. The van der Waals surface area contributed by atoms with E-state index < -0.39 is 73.5 Å². The molecule has 0 radical (unpaired) electrons. The van der Waals surface area contributed by atoms with E-state index in [1.165, 1.54) is 0 Å². The van der Waals surface area contributed by atoms with Crippen LogP contribution >= 0.6 is 0 Å². The zero-order valence-corrected chi connectivity index (χ0v) is 17.7. The molecule has 0 aromatic rings. The molecule has 0 N–H and O–H groups in total. The van der Waals surface area contributed by atoms with Crippen LogP contribution in [0.4, 0.5) is 0 Å². The molecule has 15 heteroatoms. The summed E-state index contributed by atoms with van der Waals surface area (Å²) in [6, 6.07) is 0. The Hall–Kier alpha value is -0.390. The molecule has 2 saturated heterocycles. The van der Waals surface area contributed by atoms with Crippen LogP contribution in [-0.4, -0.2) is 87.1 Å². The highest BCUT2D eigenvalue weighted by molar-refractivity contribution is 7.86. The molecule has 2 fully saturated rings. The summed E-state index contributed by atoms with van der Waals surface area (Å²) in [6.45, 7) is 2.37. The number of ether oxygens (including phenoxy) is 3. The Morgan fingerprint density at radius 2 is 1.52 bits per heavy atom. The number of hydrogen-bond donors (Lipinski definition) is 0. The van der Waals surface area contributed by atoms with Crippen molar-refractivity contribution < 1.29 is 52.0 Å². The maximum Gasteiger partial charge on any atom is 0.264 e. The van der Waals surface area contributed by atoms with Crippen LogP contribution in [-0.2, 0) is 57.1 Å². The topological polar surface area (TPSA) is 158 Å². The fourth-order valence-electron chi connectivity index (χ4n) is 2.71. The van der Waals surface area contributed by atoms with Gasteiger partial charge >= 0.3 is 0 Å². The summed E-state index contributed by atoms with van der Waals surface area (Å²) in [4.78, 5) is 0. The van der Waals surface area contributed by atoms with Crippen LogP contribution in [0.3, 0.4) is 0 Å². The highest BCUT2D eigenvalue weighted by Gasteiger charge is 2.59. The molecule has 160 valence electrons. The van der Waals surface area contributed by atoms with E-state index in [4.69, 9.17) is 22.6 Å². The Morgan fingerprint density at radius 1 is 0.926 bits per heavy atom. The molecular formula is C12H22O12S3. The van der Waals surface area contributed by atoms with E-state index in [0.29, 0.717) is 0 Å². The van der Waals surface area contributed by atoms with E-state index in [9.17, 15) is 25.3 Å². The average Bonchev–Trinajstić information content (AvgIpc) is 2.84. The maximum atomic E-state index is 11.6. The molecule has 2 aliphatic rings. The van der Waals surface area contributed by atoms with Gasteiger partial charge in [-0.2, -0.15) is 25.3 Å². The normalized spacial score (nSPS) is 32.3. The van der Waals surface area contributed by atoms with Crippen LogP contribution in [0.1, 0.15) is 13.8 Å². The lowest BCUT2D eigenvalue weighted by Crippen LogP contribution is -2.47. The summed E-state index contributed by atoms with van der Waals surface area (Å²) in [5.41, 5.74) is 0. The molecule has 27 heavy (non-hydrogen) atoms. The zero-order valence-electron chi connectivity index (χ0n) is 15.2. The molecular weight excluding hydrogens is 432 g/mol. The van der Waals surface area contributed by atoms with Crippen molar-refractivity contribution in [1.82, 2.24) is 0 Å². The molecule has 0 unspecified atom stereocenters. The molecule has 5 atom stereocenters. The fraction of sp³-hybridized carbons (Fsp3) is 1.00. The van der Waals surface area contributed by atoms with Gasteiger partial charge in [0, 0.05) is 0 Å². The van der Waals surface area contributed by atoms with Gasteiger partial charge in [-0.25, -0.2) is 0 Å². The van der Waals surface area contributed by atoms with Crippen LogP contribution in [0.5, 0.6) is 0 Å². The molecule has 0 saturated carbocycles. The van der Waals surface area contributed by atoms with Gasteiger partial charge in [0.15, 0.2) is 12.1 Å². The van der Waals surface area contributed by atoms with Gasteiger partial charge in [0.2, 0.25) is 0 Å². The Morgan fingerprint density at radius 3 is 2.00 bits per heavy atom. The van der Waals surface area contributed by atoms with Gasteiger partial charge in [-0.15, -0.1) is 0 Å². The minimum absolute atomic E-state index is 0.735. The maximum absolute atomic E-state index is 11.6. The van der Waals surface area contributed by atoms with Gasteiger partial charge in [-0.3, -0.25) is 12.5 Å². The van der Waals surface area contributed by atoms with Crippen LogP contribution in [0.25, 0.3) is 0 Å². The van der Waals surface area contributed by atoms with Crippen LogP contribution in [0.2, 0.25) is 0 Å². The quantitative estimate of drug-likeness (QED) is 0.393. The fourth-order valence-corrected chi connectivity index (χ4v) is 4.33. The number of rotatable bonds is 8. The van der Waals surface area contributed by atoms with Crippen molar-refractivity contribution in [2.24, 2.45) is 0 Å². The summed E-state index contributed by atoms with van der Waals surface area (Å²) < 4.78 is 100. The van der Waals surface area contributed by atoms with Crippen molar-refractivity contribution in [2.45, 2.75) is 50.3 Å². The molecule has 0 amide bonds. The monoisotopic (exact) mass is 454 g/mol. The van der Waals surface area contributed by atoms with Crippen LogP contribution in [0.15, 0.2) is 0 Å². The van der Waals surface area contributed by atoms with Gasteiger partial charge in [-0.05, 0) is 13.8 Å². The number of hydrogen-bond acceptors (Lipinski definition) is 12. The summed E-state index contributed by atoms with van der Waals surface area (Å²) in [5.74, 6) is -1.10. The lowest BCUT2D eigenvalue weighted by molar-refractivity contribution is -0.222. The second-order valence-corrected chi connectivity index (χ2v) is 11.5. The third-order valence-electron chi connectivity index (χ3n) is 3.42. The van der Waals surface area contributed by atoms with E-state index in [0.717, 1.165) is 18.8 Å². The predicted molar refractivity (Wildman–Crippen MR) is 88.9 cm³/mol. The molecule has 2 aliphatic heterocycles. The van der Waals surface area contributed by atoms with Crippen molar-refractivity contribution >= 4 is 30.4 Å². The van der Waals surface area contributed by atoms with E-state index >= 15 is 0 Å². The predicted octanol–water partition coefficient (Wildman–Crippen LogP) is -1.47. The van der Waals surface area contributed by atoms with Crippen molar-refractivity contribution in [3.63, 3.8) is 0 Å². The van der Waals surface area contributed by atoms with Crippen molar-refractivity contribution in [3.05, 3.63) is 0 Å². The van der Waals surface area contributed by atoms with Gasteiger partial charge in [0.1, 0.15) is 24.4 Å². The third-order valence-corrected chi connectivity index (χ3v) is 5.16. The lowest BCUT2D eigenvalue weighted by atomic mass is 10.1. The molecule has 0 aromatic carbocycles. The highest BCUT2D eigenvalue weighted by Crippen LogP contribution is 2.40. The average molecular weight is 454 g/mol. The van der Waals surface area contributed by atoms with E-state index in [1.807, 2.05) is 0 Å². The van der Waals surface area contributed by atoms with Crippen molar-refractivity contribution in [2.75, 3.05) is 25.4 Å². The first-order chi connectivity index (χ1) is 12.0. The summed E-state index contributed by atoms with van der Waals surface area (Å²) in [5, 5.41) is 0. The molecule has 0 spiro atoms. The smallest absolute Gasteiger partial charge is 0.264 e. The zero-order chi connectivity index (χ0) is 20.8. The second kappa shape index (κ2) is 7.46. The molecule has 2 rings (SSSR count). The Labute approximate surface area is 158 Å². The van der Waals surface area contributed by atoms with Crippen molar-refractivity contribution in [3.8, 4) is 0 Å². The summed E-state index contributed by atoms with van der Waals surface area (Å²) in [6.07, 6.45) is -4.10. The van der Waals surface area contributed by atoms with Crippen LogP contribution < -0.4 is 0 Å². The molecule has 2 heterocycles. The number of fused-ring (bicyclic) bond motifs is 1. The van der Waals surface area contributed by atoms with Gasteiger partial charge in [0.25, 0.3) is 30.4 Å². The SMILES string of the molecule is CC1(C)O[C@H]2O[C@H]([C@H](COS(C)(=O)=O)OS(C)(=O)=O)[C@H](OS(C)(=O)=O)[C@H]2O1. The molecule has 0 aliphatic carbocycles. The lowest BCUT2D eigenvalue weighted by Gasteiger charge is -2.29. The Kier molecular flexibility index (Phi) is 6.32. The first kappa shape index (κ1) is 22.9. The largest absolute Gasteiger partial charge is 0.341 e. The molecule has 0 aromatic heterocycles. The van der Waals surface area contributed by atoms with Crippen molar-refractivity contribution in [1.29, 1.82) is 0 Å². The van der Waals surface area contributed by atoms with E-state index in [1.54, 1.807) is 13.8 Å². The first-order valence-electron chi connectivity index (χ1n) is 7.58. The molecule has 0 bridgehead atoms. The van der Waals surface area contributed by atoms with Gasteiger partial charge in [0.05, 0.1) is 25.4 Å². The van der Waals surface area contributed by atoms with Crippen LogP contribution in [0, 0.1) is 0 Å². The third kappa shape index (κ3) is 6.86. The van der Waals surface area contributed by atoms with Gasteiger partial charge < -0.3 is 14.2 Å². The summed E-state index contributed by atoms with van der Waals surface area (Å²) >= 11 is 0. The Balaban J connectivity index is 2.33. The highest BCUT2D eigenvalue weighted by atomic mass is 32.2. The Bertz CT molecular complexity index is 859. The minimum atomic E-state index is -4.08. The van der Waals surface area contributed by atoms with E-state index in [2.05, 4.69) is 4.18 Å². The molecule has 12 nitrogen and oxygen atoms in total. The minimum Gasteiger partial charge on any atom is -0.341 e. The van der Waals surface area contributed by atoms with E-state index in [-0.39, 0.29) is 0 Å². The summed E-state index contributed by atoms with van der Waals surface area (Å²) in [7, 11) is -12.0. The van der Waals surface area contributed by atoms with Gasteiger partial charge in [-0.1, -0.05) is 0 Å².